The molecule has 0 radical (unpaired) electrons. The van der Waals surface area contributed by atoms with Gasteiger partial charge in [-0.1, -0.05) is 48.5 Å². The minimum atomic E-state index is -0.737. The van der Waals surface area contributed by atoms with E-state index in [1.807, 2.05) is 0 Å². The maximum atomic E-state index is 12.6. The number of carbonyl (C=O) groups is 2. The summed E-state index contributed by atoms with van der Waals surface area (Å²) in [4.78, 5) is 37.1. The van der Waals surface area contributed by atoms with Crippen LogP contribution < -0.4 is 15.7 Å². The molecule has 1 aliphatic rings. The number of hydrogen-bond acceptors (Lipinski definition) is 5. The van der Waals surface area contributed by atoms with Crippen molar-refractivity contribution in [2.24, 2.45) is 0 Å². The van der Waals surface area contributed by atoms with E-state index in [2.05, 4.69) is 5.32 Å². The molecule has 1 N–H and O–H groups in total. The van der Waals surface area contributed by atoms with Gasteiger partial charge in [0.05, 0.1) is 10.0 Å². The summed E-state index contributed by atoms with van der Waals surface area (Å²) in [7, 11) is 0. The summed E-state index contributed by atoms with van der Waals surface area (Å²) in [6, 6.07) is 11.2. The van der Waals surface area contributed by atoms with Gasteiger partial charge < -0.3 is 14.5 Å². The maximum absolute atomic E-state index is 12.6. The number of ether oxygens (including phenoxy) is 1. The van der Waals surface area contributed by atoms with Crippen LogP contribution in [0, 0.1) is 0 Å². The number of esters is 1. The van der Waals surface area contributed by atoms with E-state index < -0.39 is 17.5 Å². The summed E-state index contributed by atoms with van der Waals surface area (Å²) in [5.41, 5.74) is 0.124. The first-order valence-electron chi connectivity index (χ1n) is 10.6. The molecule has 1 aromatic heterocycles. The van der Waals surface area contributed by atoms with Gasteiger partial charge in [-0.25, -0.2) is 9.59 Å². The van der Waals surface area contributed by atoms with E-state index in [-0.39, 0.29) is 22.9 Å². The SMILES string of the molecule is O=C(C=Cc1ccc(Cl)c(Cl)c1)Oc1ccc2cc(C(=O)NC3CCCCC3)c(=O)oc2c1. The standard InChI is InChI=1S/C25H21Cl2NO5/c26-20-10-6-15(12-21(20)27)7-11-23(29)32-18-9-8-16-13-19(25(31)33-22(16)14-18)24(30)28-17-4-2-1-3-5-17/h6-14,17H,1-5H2,(H,28,30). The Bertz CT molecular complexity index is 1290. The zero-order valence-electron chi connectivity index (χ0n) is 17.6. The maximum Gasteiger partial charge on any atom is 0.349 e. The minimum Gasteiger partial charge on any atom is -0.423 e. The van der Waals surface area contributed by atoms with Crippen LogP contribution in [0.1, 0.15) is 48.0 Å². The Hall–Kier alpha value is -3.09. The zero-order chi connectivity index (χ0) is 23.4. The third-order valence-corrected chi connectivity index (χ3v) is 6.21. The van der Waals surface area contributed by atoms with E-state index in [4.69, 9.17) is 32.4 Å². The fourth-order valence-electron chi connectivity index (χ4n) is 3.75. The highest BCUT2D eigenvalue weighted by atomic mass is 35.5. The number of amides is 1. The fourth-order valence-corrected chi connectivity index (χ4v) is 4.06. The number of halogens is 2. The number of nitrogens with one attached hydrogen (secondary N) is 1. The lowest BCUT2D eigenvalue weighted by molar-refractivity contribution is -0.128. The van der Waals surface area contributed by atoms with Crippen molar-refractivity contribution < 1.29 is 18.7 Å². The van der Waals surface area contributed by atoms with Gasteiger partial charge in [0.15, 0.2) is 0 Å². The van der Waals surface area contributed by atoms with Crippen molar-refractivity contribution in [2.75, 3.05) is 0 Å². The predicted molar refractivity (Wildman–Crippen MR) is 128 cm³/mol. The summed E-state index contributed by atoms with van der Waals surface area (Å²) in [5.74, 6) is -0.847. The van der Waals surface area contributed by atoms with Gasteiger partial charge in [0.25, 0.3) is 5.91 Å². The van der Waals surface area contributed by atoms with Gasteiger partial charge in [-0.05, 0) is 54.8 Å². The van der Waals surface area contributed by atoms with Crippen LogP contribution in [0.5, 0.6) is 5.75 Å². The van der Waals surface area contributed by atoms with E-state index in [1.54, 1.807) is 36.4 Å². The Kier molecular flexibility index (Phi) is 7.16. The number of rotatable bonds is 5. The Balaban J connectivity index is 1.46. The second-order valence-electron chi connectivity index (χ2n) is 7.88. The summed E-state index contributed by atoms with van der Waals surface area (Å²) in [6.07, 6.45) is 7.94. The van der Waals surface area contributed by atoms with Crippen LogP contribution in [-0.2, 0) is 4.79 Å². The molecule has 0 bridgehead atoms. The molecule has 1 saturated carbocycles. The van der Waals surface area contributed by atoms with Gasteiger partial charge in [0.1, 0.15) is 16.9 Å². The normalized spacial score (nSPS) is 14.5. The van der Waals surface area contributed by atoms with Crippen LogP contribution in [-0.4, -0.2) is 17.9 Å². The summed E-state index contributed by atoms with van der Waals surface area (Å²) in [5, 5.41) is 4.27. The molecular weight excluding hydrogens is 465 g/mol. The van der Waals surface area contributed by atoms with Gasteiger partial charge in [0.2, 0.25) is 0 Å². The average Bonchev–Trinajstić information content (AvgIpc) is 2.80. The zero-order valence-corrected chi connectivity index (χ0v) is 19.1. The third kappa shape index (κ3) is 5.83. The lowest BCUT2D eigenvalue weighted by atomic mass is 9.95. The molecule has 0 spiro atoms. The molecule has 0 saturated heterocycles. The molecule has 33 heavy (non-hydrogen) atoms. The third-order valence-electron chi connectivity index (χ3n) is 5.47. The minimum absolute atomic E-state index is 0.0395. The molecule has 1 aliphatic carbocycles. The van der Waals surface area contributed by atoms with E-state index in [9.17, 15) is 14.4 Å². The van der Waals surface area contributed by atoms with Gasteiger partial charge in [-0.3, -0.25) is 4.79 Å². The Morgan fingerprint density at radius 1 is 1.00 bits per heavy atom. The van der Waals surface area contributed by atoms with Gasteiger partial charge in [0, 0.05) is 23.6 Å². The number of carbonyl (C=O) groups excluding carboxylic acids is 2. The molecule has 0 aliphatic heterocycles. The van der Waals surface area contributed by atoms with Crippen molar-refractivity contribution in [3.05, 3.63) is 80.1 Å². The molecule has 170 valence electrons. The largest absolute Gasteiger partial charge is 0.423 e. The topological polar surface area (TPSA) is 85.6 Å². The lowest BCUT2D eigenvalue weighted by Crippen LogP contribution is -2.38. The van der Waals surface area contributed by atoms with Crippen LogP contribution in [0.3, 0.4) is 0 Å². The molecule has 4 rings (SSSR count). The Morgan fingerprint density at radius 3 is 2.55 bits per heavy atom. The van der Waals surface area contributed by atoms with E-state index in [0.717, 1.165) is 25.7 Å². The van der Waals surface area contributed by atoms with Crippen LogP contribution in [0.25, 0.3) is 17.0 Å². The van der Waals surface area contributed by atoms with Crippen molar-refractivity contribution in [3.8, 4) is 5.75 Å². The van der Waals surface area contributed by atoms with Crippen LogP contribution in [0.15, 0.2) is 57.8 Å². The van der Waals surface area contributed by atoms with Crippen molar-refractivity contribution >= 4 is 52.1 Å². The van der Waals surface area contributed by atoms with Gasteiger partial charge in [-0.15, -0.1) is 0 Å². The highest BCUT2D eigenvalue weighted by Crippen LogP contribution is 2.24. The summed E-state index contributed by atoms with van der Waals surface area (Å²) >= 11 is 11.8. The van der Waals surface area contributed by atoms with Gasteiger partial charge >= 0.3 is 11.6 Å². The molecule has 6 nitrogen and oxygen atoms in total. The highest BCUT2D eigenvalue weighted by molar-refractivity contribution is 6.42. The quantitative estimate of drug-likeness (QED) is 0.214. The van der Waals surface area contributed by atoms with Crippen molar-refractivity contribution in [1.82, 2.24) is 5.32 Å². The highest BCUT2D eigenvalue weighted by Gasteiger charge is 2.20. The first-order valence-corrected chi connectivity index (χ1v) is 11.4. The molecule has 3 aromatic rings. The molecule has 2 aromatic carbocycles. The molecular formula is C25H21Cl2NO5. The van der Waals surface area contributed by atoms with E-state index >= 15 is 0 Å². The molecule has 1 amide bonds. The number of benzene rings is 2. The molecule has 0 atom stereocenters. The van der Waals surface area contributed by atoms with Crippen LogP contribution in [0.2, 0.25) is 10.0 Å². The smallest absolute Gasteiger partial charge is 0.349 e. The van der Waals surface area contributed by atoms with Gasteiger partial charge in [-0.2, -0.15) is 0 Å². The molecule has 8 heteroatoms. The van der Waals surface area contributed by atoms with Crippen molar-refractivity contribution in [2.45, 2.75) is 38.1 Å². The number of hydrogen-bond donors (Lipinski definition) is 1. The fraction of sp³-hybridized carbons (Fsp3) is 0.240. The second kappa shape index (κ2) is 10.2. The van der Waals surface area contributed by atoms with E-state index in [0.29, 0.717) is 21.0 Å². The second-order valence-corrected chi connectivity index (χ2v) is 8.70. The Morgan fingerprint density at radius 2 is 1.79 bits per heavy atom. The van der Waals surface area contributed by atoms with Crippen molar-refractivity contribution in [3.63, 3.8) is 0 Å². The average molecular weight is 486 g/mol. The first kappa shape index (κ1) is 23.1. The summed E-state index contributed by atoms with van der Waals surface area (Å²) in [6.45, 7) is 0. The predicted octanol–water partition coefficient (Wildman–Crippen LogP) is 5.78. The monoisotopic (exact) mass is 485 g/mol. The lowest BCUT2D eigenvalue weighted by Gasteiger charge is -2.22. The summed E-state index contributed by atoms with van der Waals surface area (Å²) < 4.78 is 10.6. The first-order chi connectivity index (χ1) is 15.9. The van der Waals surface area contributed by atoms with Crippen molar-refractivity contribution in [1.29, 1.82) is 0 Å². The van der Waals surface area contributed by atoms with Crippen LogP contribution in [0.4, 0.5) is 0 Å². The Labute approximate surface area is 200 Å². The van der Waals surface area contributed by atoms with Crippen LogP contribution >= 0.6 is 23.2 Å². The van der Waals surface area contributed by atoms with E-state index in [1.165, 1.54) is 24.6 Å². The molecule has 1 fully saturated rings. The number of fused-ring (bicyclic) bond motifs is 1. The molecule has 1 heterocycles. The molecule has 0 unspecified atom stereocenters.